The first kappa shape index (κ1) is 12.1. The average molecular weight is 235 g/mol. The third-order valence-corrected chi connectivity index (χ3v) is 3.41. The van der Waals surface area contributed by atoms with Gasteiger partial charge >= 0.3 is 0 Å². The summed E-state index contributed by atoms with van der Waals surface area (Å²) in [6, 6.07) is 5.32. The van der Waals surface area contributed by atoms with E-state index in [9.17, 15) is 0 Å². The Bertz CT molecular complexity index is 365. The van der Waals surface area contributed by atoms with Crippen molar-refractivity contribution in [2.24, 2.45) is 0 Å². The van der Waals surface area contributed by atoms with Gasteiger partial charge < -0.3 is 15.4 Å². The Morgan fingerprint density at radius 1 is 1.53 bits per heavy atom. The molecule has 93 valence electrons. The topological polar surface area (TPSA) is 64.3 Å². The van der Waals surface area contributed by atoms with E-state index in [0.717, 1.165) is 18.8 Å². The lowest BCUT2D eigenvalue weighted by molar-refractivity contribution is 0.00521. The number of ether oxygens (including phenoxy) is 1. The summed E-state index contributed by atoms with van der Waals surface area (Å²) in [5.41, 5.74) is 5.51. The van der Waals surface area contributed by atoms with Crippen LogP contribution in [0, 0.1) is 6.07 Å². The predicted molar refractivity (Wildman–Crippen MR) is 66.7 cm³/mol. The summed E-state index contributed by atoms with van der Waals surface area (Å²) < 4.78 is 5.74. The van der Waals surface area contributed by atoms with E-state index in [0.29, 0.717) is 11.9 Å². The van der Waals surface area contributed by atoms with Gasteiger partial charge in [0.2, 0.25) is 0 Å². The summed E-state index contributed by atoms with van der Waals surface area (Å²) in [6.07, 6.45) is 1.21. The highest BCUT2D eigenvalue weighted by atomic mass is 16.5. The van der Waals surface area contributed by atoms with E-state index in [1.54, 1.807) is 6.07 Å². The molecule has 5 heteroatoms. The first-order valence-corrected chi connectivity index (χ1v) is 6.04. The molecule has 1 aliphatic heterocycles. The highest BCUT2D eigenvalue weighted by molar-refractivity contribution is 5.43. The molecule has 0 amide bonds. The Balaban J connectivity index is 2.28. The molecule has 2 N–H and O–H groups in total. The van der Waals surface area contributed by atoms with Crippen molar-refractivity contribution in [3.63, 3.8) is 0 Å². The molecule has 1 fully saturated rings. The molecule has 1 aromatic heterocycles. The lowest BCUT2D eigenvalue weighted by atomic mass is 10.0. The zero-order valence-electron chi connectivity index (χ0n) is 10.6. The van der Waals surface area contributed by atoms with Gasteiger partial charge in [-0.05, 0) is 26.3 Å². The molecule has 3 unspecified atom stereocenters. The SMILES string of the molecule is CCC1COC(C)C(C)N1c1c[c]c(N)nn1. The van der Waals surface area contributed by atoms with Gasteiger partial charge in [-0.15, -0.1) is 10.2 Å². The summed E-state index contributed by atoms with van der Waals surface area (Å²) in [6.45, 7) is 7.11. The maximum absolute atomic E-state index is 5.74. The lowest BCUT2D eigenvalue weighted by Gasteiger charge is -2.44. The lowest BCUT2D eigenvalue weighted by Crippen LogP contribution is -2.55. The van der Waals surface area contributed by atoms with Crippen molar-refractivity contribution < 1.29 is 4.74 Å². The molecule has 0 saturated carbocycles. The Labute approximate surface area is 102 Å². The maximum atomic E-state index is 5.74. The van der Waals surface area contributed by atoms with Crippen molar-refractivity contribution in [1.82, 2.24) is 10.2 Å². The summed E-state index contributed by atoms with van der Waals surface area (Å²) >= 11 is 0. The van der Waals surface area contributed by atoms with Crippen molar-refractivity contribution in [2.75, 3.05) is 17.2 Å². The van der Waals surface area contributed by atoms with Crippen LogP contribution in [0.25, 0.3) is 0 Å². The van der Waals surface area contributed by atoms with E-state index < -0.39 is 0 Å². The Kier molecular flexibility index (Phi) is 3.47. The number of anilines is 2. The van der Waals surface area contributed by atoms with Crippen LogP contribution in [0.5, 0.6) is 0 Å². The Morgan fingerprint density at radius 3 is 2.88 bits per heavy atom. The van der Waals surface area contributed by atoms with E-state index in [-0.39, 0.29) is 12.1 Å². The van der Waals surface area contributed by atoms with Gasteiger partial charge in [-0.2, -0.15) is 0 Å². The molecule has 5 nitrogen and oxygen atoms in total. The van der Waals surface area contributed by atoms with E-state index in [1.807, 2.05) is 0 Å². The molecule has 2 heterocycles. The van der Waals surface area contributed by atoms with E-state index >= 15 is 0 Å². The number of hydrogen-bond acceptors (Lipinski definition) is 5. The van der Waals surface area contributed by atoms with Crippen molar-refractivity contribution in [3.8, 4) is 0 Å². The van der Waals surface area contributed by atoms with Crippen molar-refractivity contribution >= 4 is 11.6 Å². The van der Waals surface area contributed by atoms with Crippen LogP contribution in [0.4, 0.5) is 11.6 Å². The standard InChI is InChI=1S/C12H19N4O/c1-4-10-7-17-9(3)8(2)16(10)12-6-5-11(13)14-15-12/h6,8-10H,4,7H2,1-3H3,(H2,13,14). The molecule has 0 aromatic carbocycles. The highest BCUT2D eigenvalue weighted by Gasteiger charge is 2.33. The minimum Gasteiger partial charge on any atom is -0.382 e. The highest BCUT2D eigenvalue weighted by Crippen LogP contribution is 2.26. The van der Waals surface area contributed by atoms with Crippen LogP contribution < -0.4 is 10.6 Å². The van der Waals surface area contributed by atoms with Gasteiger partial charge in [0.05, 0.1) is 24.8 Å². The Morgan fingerprint density at radius 2 is 2.29 bits per heavy atom. The van der Waals surface area contributed by atoms with E-state index in [4.69, 9.17) is 10.5 Å². The number of nitrogens with zero attached hydrogens (tertiary/aromatic N) is 3. The Hall–Kier alpha value is -1.36. The molecule has 3 atom stereocenters. The third-order valence-electron chi connectivity index (χ3n) is 3.41. The third kappa shape index (κ3) is 2.34. The van der Waals surface area contributed by atoms with Crippen LogP contribution in [-0.4, -0.2) is 35.0 Å². The first-order chi connectivity index (χ1) is 8.13. The largest absolute Gasteiger partial charge is 0.382 e. The number of aromatic nitrogens is 2. The van der Waals surface area contributed by atoms with Crippen LogP contribution in [-0.2, 0) is 4.74 Å². The van der Waals surface area contributed by atoms with E-state index in [1.165, 1.54) is 0 Å². The molecule has 1 aromatic rings. The van der Waals surface area contributed by atoms with Crippen molar-refractivity contribution in [1.29, 1.82) is 0 Å². The van der Waals surface area contributed by atoms with Crippen molar-refractivity contribution in [3.05, 3.63) is 12.1 Å². The van der Waals surface area contributed by atoms with Gasteiger partial charge in [0.25, 0.3) is 0 Å². The second kappa shape index (κ2) is 4.87. The molecule has 0 aliphatic carbocycles. The molecule has 1 radical (unpaired) electrons. The summed E-state index contributed by atoms with van der Waals surface area (Å²) in [4.78, 5) is 2.26. The van der Waals surface area contributed by atoms with Crippen LogP contribution >= 0.6 is 0 Å². The minimum atomic E-state index is 0.192. The number of rotatable bonds is 2. The fourth-order valence-electron chi connectivity index (χ4n) is 2.18. The first-order valence-electron chi connectivity index (χ1n) is 6.04. The van der Waals surface area contributed by atoms with Crippen LogP contribution in [0.2, 0.25) is 0 Å². The second-order valence-corrected chi connectivity index (χ2v) is 4.48. The van der Waals surface area contributed by atoms with Gasteiger partial charge in [0.15, 0.2) is 11.6 Å². The van der Waals surface area contributed by atoms with Crippen LogP contribution in [0.1, 0.15) is 27.2 Å². The van der Waals surface area contributed by atoms with Crippen LogP contribution in [0.15, 0.2) is 6.07 Å². The van der Waals surface area contributed by atoms with Gasteiger partial charge in [0.1, 0.15) is 0 Å². The van der Waals surface area contributed by atoms with Crippen molar-refractivity contribution in [2.45, 2.75) is 45.4 Å². The normalized spacial score (nSPS) is 29.4. The molecule has 1 aliphatic rings. The predicted octanol–water partition coefficient (Wildman–Crippen LogP) is 1.25. The minimum absolute atomic E-state index is 0.192. The average Bonchev–Trinajstić information content (AvgIpc) is 2.34. The fraction of sp³-hybridized carbons (Fsp3) is 0.667. The summed E-state index contributed by atoms with van der Waals surface area (Å²) in [5, 5.41) is 8.02. The number of nitrogens with two attached hydrogens (primary N) is 1. The number of nitrogen functional groups attached to an aromatic ring is 1. The fourth-order valence-corrected chi connectivity index (χ4v) is 2.18. The number of morpholine rings is 1. The quantitative estimate of drug-likeness (QED) is 0.835. The molecule has 17 heavy (non-hydrogen) atoms. The summed E-state index contributed by atoms with van der Waals surface area (Å²) in [5.74, 6) is 1.16. The second-order valence-electron chi connectivity index (χ2n) is 4.48. The maximum Gasteiger partial charge on any atom is 0.154 e. The molecule has 0 spiro atoms. The zero-order valence-corrected chi connectivity index (χ0v) is 10.6. The molecule has 1 saturated heterocycles. The van der Waals surface area contributed by atoms with Gasteiger partial charge in [0, 0.05) is 6.07 Å². The van der Waals surface area contributed by atoms with Gasteiger partial charge in [-0.1, -0.05) is 6.92 Å². The smallest absolute Gasteiger partial charge is 0.154 e. The van der Waals surface area contributed by atoms with Gasteiger partial charge in [-0.3, -0.25) is 0 Å². The summed E-state index contributed by atoms with van der Waals surface area (Å²) in [7, 11) is 0. The zero-order chi connectivity index (χ0) is 12.4. The molecule has 0 bridgehead atoms. The molecular weight excluding hydrogens is 216 g/mol. The monoisotopic (exact) mass is 235 g/mol. The van der Waals surface area contributed by atoms with E-state index in [2.05, 4.69) is 41.9 Å². The molecule has 2 rings (SSSR count). The number of hydrogen-bond donors (Lipinski definition) is 1. The molecular formula is C12H19N4O. The van der Waals surface area contributed by atoms with Crippen LogP contribution in [0.3, 0.4) is 0 Å². The van der Waals surface area contributed by atoms with Gasteiger partial charge in [-0.25, -0.2) is 0 Å².